The lowest BCUT2D eigenvalue weighted by Crippen LogP contribution is -2.04. The van der Waals surface area contributed by atoms with Crippen LogP contribution in [-0.4, -0.2) is 38.2 Å². The van der Waals surface area contributed by atoms with Crippen LogP contribution in [0.3, 0.4) is 0 Å². The average molecular weight is 1350 g/mol. The molecular formula is C96H54N8O2. The van der Waals surface area contributed by atoms with Gasteiger partial charge in [0.25, 0.3) is 0 Å². The van der Waals surface area contributed by atoms with E-state index in [1.165, 1.54) is 21.5 Å². The molecule has 0 unspecified atom stereocenters. The van der Waals surface area contributed by atoms with Crippen molar-refractivity contribution < 1.29 is 8.83 Å². The molecule has 0 spiro atoms. The summed E-state index contributed by atoms with van der Waals surface area (Å²) in [6.07, 6.45) is 0. The van der Waals surface area contributed by atoms with Crippen molar-refractivity contribution in [1.82, 2.24) is 38.2 Å². The normalized spacial score (nSPS) is 12.3. The molecule has 0 fully saturated rings. The van der Waals surface area contributed by atoms with Gasteiger partial charge in [-0.2, -0.15) is 0 Å². The topological polar surface area (TPSA) is 97.6 Å². The van der Waals surface area contributed by atoms with Gasteiger partial charge < -0.3 is 18.0 Å². The molecule has 10 heteroatoms. The second kappa shape index (κ2) is 21.5. The fourth-order valence-corrected chi connectivity index (χ4v) is 17.7. The smallest absolute Gasteiger partial charge is 0.165 e. The summed E-state index contributed by atoms with van der Waals surface area (Å²) in [5, 5.41) is 18.0. The highest BCUT2D eigenvalue weighted by molar-refractivity contribution is 6.25. The minimum atomic E-state index is 0.738. The Bertz CT molecular complexity index is 7940. The molecule has 0 N–H and O–H groups in total. The van der Waals surface area contributed by atoms with Crippen LogP contribution in [0.25, 0.3) is 231 Å². The molecule has 490 valence electrons. The van der Waals surface area contributed by atoms with E-state index in [1.54, 1.807) is 0 Å². The first-order valence-corrected chi connectivity index (χ1v) is 35.9. The summed E-state index contributed by atoms with van der Waals surface area (Å²) in [5.74, 6) is 1.48. The van der Waals surface area contributed by atoms with Gasteiger partial charge in [-0.3, -0.25) is 9.13 Å². The number of hydrogen-bond donors (Lipinski definition) is 0. The molecule has 0 amide bonds. The number of aromatic nitrogens is 8. The third-order valence-electron chi connectivity index (χ3n) is 22.3. The monoisotopic (exact) mass is 1350 g/mol. The summed E-state index contributed by atoms with van der Waals surface area (Å²) in [6, 6.07) is 117. The van der Waals surface area contributed by atoms with Gasteiger partial charge in [0.05, 0.1) is 66.2 Å². The number of nitrogens with zero attached hydrogens (tertiary/aromatic N) is 8. The van der Waals surface area contributed by atoms with E-state index in [9.17, 15) is 0 Å². The van der Waals surface area contributed by atoms with Crippen molar-refractivity contribution >= 4 is 175 Å². The van der Waals surface area contributed by atoms with Crippen LogP contribution in [0.4, 0.5) is 0 Å². The SMILES string of the molecule is c1ccc2c(c1)ccc1c2c2cc(-n3c4ccccc4c4ccccc43)ccc2n1-c1nc2ccc(-c3ccc4c(c3)c3ccccc3n4-c3ccc4c(c3)c3c5ccccc5ccc3n4-c3nc4ccccc4nc3-c3cccc4oc5ccccc5c34)cc2nc1-c1ccc2oc3ccccc3c2c1. The molecule has 0 saturated heterocycles. The van der Waals surface area contributed by atoms with Gasteiger partial charge in [0.2, 0.25) is 0 Å². The Hall–Kier alpha value is -14.5. The van der Waals surface area contributed by atoms with Gasteiger partial charge in [-0.15, -0.1) is 0 Å². The fourth-order valence-electron chi connectivity index (χ4n) is 17.7. The van der Waals surface area contributed by atoms with E-state index in [1.807, 2.05) is 48.5 Å². The molecule has 0 saturated carbocycles. The summed E-state index contributed by atoms with van der Waals surface area (Å²) in [4.78, 5) is 22.8. The second-order valence-corrected chi connectivity index (χ2v) is 28.0. The lowest BCUT2D eigenvalue weighted by Gasteiger charge is -2.15. The van der Waals surface area contributed by atoms with Gasteiger partial charge in [-0.25, -0.2) is 19.9 Å². The number of rotatable bonds is 7. The number of furan rings is 2. The van der Waals surface area contributed by atoms with Gasteiger partial charge in [0.1, 0.15) is 33.7 Å². The Kier molecular flexibility index (Phi) is 11.6. The zero-order valence-corrected chi connectivity index (χ0v) is 56.6. The van der Waals surface area contributed by atoms with Crippen LogP contribution in [0.15, 0.2) is 336 Å². The Morgan fingerprint density at radius 1 is 0.208 bits per heavy atom. The third kappa shape index (κ3) is 8.09. The van der Waals surface area contributed by atoms with Gasteiger partial charge in [0.15, 0.2) is 11.6 Å². The Morgan fingerprint density at radius 2 is 0.632 bits per heavy atom. The molecule has 0 aliphatic rings. The highest BCUT2D eigenvalue weighted by Gasteiger charge is 2.27. The second-order valence-electron chi connectivity index (χ2n) is 28.0. The first-order valence-electron chi connectivity index (χ1n) is 35.9. The van der Waals surface area contributed by atoms with Crippen LogP contribution in [-0.2, 0) is 0 Å². The van der Waals surface area contributed by atoms with Gasteiger partial charge in [-0.1, -0.05) is 188 Å². The molecule has 0 atom stereocenters. The van der Waals surface area contributed by atoms with E-state index in [-0.39, 0.29) is 0 Å². The summed E-state index contributed by atoms with van der Waals surface area (Å²) >= 11 is 0. The third-order valence-corrected chi connectivity index (χ3v) is 22.3. The van der Waals surface area contributed by atoms with Crippen LogP contribution in [0.2, 0.25) is 0 Å². The molecule has 10 nitrogen and oxygen atoms in total. The minimum Gasteiger partial charge on any atom is -0.456 e. The maximum absolute atomic E-state index is 6.51. The van der Waals surface area contributed by atoms with Crippen LogP contribution in [0.5, 0.6) is 0 Å². The molecule has 8 aromatic heterocycles. The lowest BCUT2D eigenvalue weighted by atomic mass is 10.0. The van der Waals surface area contributed by atoms with Crippen molar-refractivity contribution in [3.63, 3.8) is 0 Å². The van der Waals surface area contributed by atoms with E-state index in [4.69, 9.17) is 28.8 Å². The van der Waals surface area contributed by atoms with Crippen LogP contribution in [0, 0.1) is 0 Å². The predicted molar refractivity (Wildman–Crippen MR) is 436 cm³/mol. The summed E-state index contributed by atoms with van der Waals surface area (Å²) in [7, 11) is 0. The highest BCUT2D eigenvalue weighted by Crippen LogP contribution is 2.47. The summed E-state index contributed by atoms with van der Waals surface area (Å²) < 4.78 is 22.5. The van der Waals surface area contributed by atoms with E-state index >= 15 is 0 Å². The maximum Gasteiger partial charge on any atom is 0.165 e. The van der Waals surface area contributed by atoms with Crippen molar-refractivity contribution in [2.45, 2.75) is 0 Å². The molecule has 8 heterocycles. The molecule has 24 rings (SSSR count). The molecule has 106 heavy (non-hydrogen) atoms. The quantitative estimate of drug-likeness (QED) is 0.158. The standard InChI is InChI=1S/C96H54N8O2/c1-3-20-62-55(18-1)37-45-84-90(62)72-53-60(101-78-30-12-5-22-64(78)65-23-6-13-31-79(65)101)41-47-82(72)103(84)95-93(59-40-49-88-71(51-59)67-25-8-15-33-86(67)105-88)98-77-52-58(36-43-76(77)100-95)57-39-44-81-70(50-57)66-24-7-14-32-80(66)102(81)61-42-48-83-73(54-61)91-63-21-4-2-19-56(63)38-46-85(91)104(83)96-94(97-74-28-10-11-29-75(74)99-96)69-27-17-35-89-92(69)68-26-9-16-34-87(68)106-89/h1-54H. The Balaban J connectivity index is 0.688. The first-order chi connectivity index (χ1) is 52.5. The first kappa shape index (κ1) is 57.2. The van der Waals surface area contributed by atoms with Crippen molar-refractivity contribution in [2.24, 2.45) is 0 Å². The number of para-hydroxylation sites is 7. The highest BCUT2D eigenvalue weighted by atomic mass is 16.3. The lowest BCUT2D eigenvalue weighted by molar-refractivity contribution is 0.668. The van der Waals surface area contributed by atoms with Gasteiger partial charge in [-0.05, 0) is 172 Å². The Morgan fingerprint density at radius 3 is 1.28 bits per heavy atom. The van der Waals surface area contributed by atoms with Crippen LogP contribution in [0.1, 0.15) is 0 Å². The zero-order valence-electron chi connectivity index (χ0n) is 56.6. The van der Waals surface area contributed by atoms with E-state index < -0.39 is 0 Å². The molecule has 16 aromatic carbocycles. The number of hydrogen-bond acceptors (Lipinski definition) is 6. The summed E-state index contributed by atoms with van der Waals surface area (Å²) in [5.41, 5.74) is 22.8. The predicted octanol–water partition coefficient (Wildman–Crippen LogP) is 25.1. The van der Waals surface area contributed by atoms with Crippen molar-refractivity contribution in [2.75, 3.05) is 0 Å². The fraction of sp³-hybridized carbons (Fsp3) is 0. The van der Waals surface area contributed by atoms with E-state index in [2.05, 4.69) is 297 Å². The van der Waals surface area contributed by atoms with Gasteiger partial charge in [0, 0.05) is 87.1 Å². The largest absolute Gasteiger partial charge is 0.456 e. The van der Waals surface area contributed by atoms with Crippen LogP contribution < -0.4 is 0 Å². The number of benzene rings is 16. The molecule has 0 aliphatic heterocycles. The average Bonchev–Trinajstić information content (AvgIpc) is 1.55. The molecule has 24 aromatic rings. The summed E-state index contributed by atoms with van der Waals surface area (Å²) in [6.45, 7) is 0. The van der Waals surface area contributed by atoms with Crippen molar-refractivity contribution in [3.05, 3.63) is 328 Å². The van der Waals surface area contributed by atoms with E-state index in [0.717, 1.165) is 210 Å². The van der Waals surface area contributed by atoms with Gasteiger partial charge >= 0.3 is 0 Å². The van der Waals surface area contributed by atoms with Crippen molar-refractivity contribution in [3.8, 4) is 56.7 Å². The van der Waals surface area contributed by atoms with Crippen molar-refractivity contribution in [1.29, 1.82) is 0 Å². The zero-order chi connectivity index (χ0) is 69.0. The molecule has 0 bridgehead atoms. The maximum atomic E-state index is 6.51. The van der Waals surface area contributed by atoms with E-state index in [0.29, 0.717) is 0 Å². The molecular weight excluding hydrogens is 1300 g/mol. The van der Waals surface area contributed by atoms with Crippen LogP contribution >= 0.6 is 0 Å². The number of fused-ring (bicyclic) bond motifs is 24. The minimum absolute atomic E-state index is 0.738. The molecule has 0 aliphatic carbocycles. The molecule has 0 radical (unpaired) electrons. The Labute approximate surface area is 602 Å².